The lowest BCUT2D eigenvalue weighted by atomic mass is 10.2. The fourth-order valence-electron chi connectivity index (χ4n) is 2.00. The van der Waals surface area contributed by atoms with Crippen molar-refractivity contribution >= 4 is 41.0 Å². The van der Waals surface area contributed by atoms with Gasteiger partial charge in [-0.25, -0.2) is 0 Å². The first kappa shape index (κ1) is 16.2. The number of amides is 1. The van der Waals surface area contributed by atoms with Crippen molar-refractivity contribution in [2.24, 2.45) is 0 Å². The highest BCUT2D eigenvalue weighted by Gasteiger charge is 2.13. The first-order chi connectivity index (χ1) is 11.5. The molecular formula is C16H11Cl2N5O. The molecule has 1 heterocycles. The highest BCUT2D eigenvalue weighted by Crippen LogP contribution is 2.29. The van der Waals surface area contributed by atoms with E-state index >= 15 is 0 Å². The van der Waals surface area contributed by atoms with E-state index in [1.54, 1.807) is 42.5 Å². The Balaban J connectivity index is 1.95. The molecule has 0 aliphatic rings. The standard InChI is InChI=1S/C16H11Cl2N5O/c17-10-6-7-12(18)11(8-10)13-20-15(19)23-16(21-13)22-14(24)9-4-2-1-3-5-9/h1-8H,(H3,19,20,21,22,23,24). The molecule has 0 aliphatic heterocycles. The SMILES string of the molecule is Nc1nc(NC(=O)c2ccccc2)nc(-c2cc(Cl)ccc2Cl)n1. The van der Waals surface area contributed by atoms with Crippen molar-refractivity contribution in [1.29, 1.82) is 0 Å². The largest absolute Gasteiger partial charge is 0.368 e. The van der Waals surface area contributed by atoms with Crippen molar-refractivity contribution in [3.05, 3.63) is 64.1 Å². The molecule has 0 saturated heterocycles. The lowest BCUT2D eigenvalue weighted by Crippen LogP contribution is -2.15. The van der Waals surface area contributed by atoms with E-state index in [-0.39, 0.29) is 23.6 Å². The molecule has 3 aromatic rings. The van der Waals surface area contributed by atoms with Crippen molar-refractivity contribution in [1.82, 2.24) is 15.0 Å². The molecule has 0 atom stereocenters. The van der Waals surface area contributed by atoms with Gasteiger partial charge in [-0.1, -0.05) is 41.4 Å². The molecule has 0 aliphatic carbocycles. The number of nitrogens with two attached hydrogens (primary N) is 1. The average molecular weight is 360 g/mol. The highest BCUT2D eigenvalue weighted by atomic mass is 35.5. The second kappa shape index (κ2) is 6.82. The number of halogens is 2. The zero-order valence-electron chi connectivity index (χ0n) is 12.2. The van der Waals surface area contributed by atoms with Crippen LogP contribution in [0, 0.1) is 0 Å². The molecular weight excluding hydrogens is 349 g/mol. The summed E-state index contributed by atoms with van der Waals surface area (Å²) in [7, 11) is 0. The van der Waals surface area contributed by atoms with E-state index in [1.165, 1.54) is 0 Å². The molecule has 24 heavy (non-hydrogen) atoms. The Labute approximate surface area is 147 Å². The molecule has 1 amide bonds. The predicted octanol–water partition coefficient (Wildman–Crippen LogP) is 3.68. The monoisotopic (exact) mass is 359 g/mol. The van der Waals surface area contributed by atoms with Crippen LogP contribution in [0.2, 0.25) is 10.0 Å². The van der Waals surface area contributed by atoms with Crippen LogP contribution in [0.4, 0.5) is 11.9 Å². The number of benzene rings is 2. The number of hydrogen-bond acceptors (Lipinski definition) is 5. The van der Waals surface area contributed by atoms with Gasteiger partial charge in [0.1, 0.15) is 0 Å². The van der Waals surface area contributed by atoms with E-state index < -0.39 is 0 Å². The average Bonchev–Trinajstić information content (AvgIpc) is 2.57. The van der Waals surface area contributed by atoms with Crippen LogP contribution in [0.3, 0.4) is 0 Å². The van der Waals surface area contributed by atoms with Crippen LogP contribution >= 0.6 is 23.2 Å². The maximum Gasteiger partial charge on any atom is 0.258 e. The Morgan fingerprint density at radius 2 is 1.75 bits per heavy atom. The number of carbonyl (C=O) groups excluding carboxylic acids is 1. The third kappa shape index (κ3) is 3.61. The van der Waals surface area contributed by atoms with Crippen molar-refractivity contribution in [3.63, 3.8) is 0 Å². The van der Waals surface area contributed by atoms with E-state index in [9.17, 15) is 4.79 Å². The van der Waals surface area contributed by atoms with Crippen molar-refractivity contribution in [2.45, 2.75) is 0 Å². The van der Waals surface area contributed by atoms with Gasteiger partial charge in [0.05, 0.1) is 5.02 Å². The topological polar surface area (TPSA) is 93.8 Å². The molecule has 0 fully saturated rings. The lowest BCUT2D eigenvalue weighted by molar-refractivity contribution is 0.102. The third-order valence-corrected chi connectivity index (χ3v) is 3.65. The predicted molar refractivity (Wildman–Crippen MR) is 94.1 cm³/mol. The van der Waals surface area contributed by atoms with Crippen molar-refractivity contribution in [2.75, 3.05) is 11.1 Å². The molecule has 0 saturated carbocycles. The van der Waals surface area contributed by atoms with Gasteiger partial charge in [0.15, 0.2) is 5.82 Å². The molecule has 0 spiro atoms. The summed E-state index contributed by atoms with van der Waals surface area (Å²) in [6, 6.07) is 13.6. The van der Waals surface area contributed by atoms with Crippen LogP contribution in [-0.4, -0.2) is 20.9 Å². The van der Waals surface area contributed by atoms with Crippen LogP contribution in [0.1, 0.15) is 10.4 Å². The van der Waals surface area contributed by atoms with E-state index in [4.69, 9.17) is 28.9 Å². The number of hydrogen-bond donors (Lipinski definition) is 2. The van der Waals surface area contributed by atoms with Gasteiger partial charge in [-0.05, 0) is 30.3 Å². The maximum absolute atomic E-state index is 12.2. The first-order valence-electron chi connectivity index (χ1n) is 6.86. The molecule has 8 heteroatoms. The highest BCUT2D eigenvalue weighted by molar-refractivity contribution is 6.35. The molecule has 120 valence electrons. The van der Waals surface area contributed by atoms with Crippen LogP contribution < -0.4 is 11.1 Å². The Morgan fingerprint density at radius 1 is 1.00 bits per heavy atom. The summed E-state index contributed by atoms with van der Waals surface area (Å²) in [6.45, 7) is 0. The van der Waals surface area contributed by atoms with Crippen LogP contribution in [0.5, 0.6) is 0 Å². The molecule has 6 nitrogen and oxygen atoms in total. The number of nitrogens with zero attached hydrogens (tertiary/aromatic N) is 3. The minimum absolute atomic E-state index is 0.0300. The minimum Gasteiger partial charge on any atom is -0.368 e. The summed E-state index contributed by atoms with van der Waals surface area (Å²) in [6.07, 6.45) is 0. The number of nitrogen functional groups attached to an aromatic ring is 1. The minimum atomic E-state index is -0.357. The Kier molecular flexibility index (Phi) is 4.59. The van der Waals surface area contributed by atoms with Crippen molar-refractivity contribution < 1.29 is 4.79 Å². The van der Waals surface area contributed by atoms with Gasteiger partial charge in [0.25, 0.3) is 5.91 Å². The number of rotatable bonds is 3. The summed E-state index contributed by atoms with van der Waals surface area (Å²) in [4.78, 5) is 24.4. The fraction of sp³-hybridized carbons (Fsp3) is 0. The van der Waals surface area contributed by atoms with Crippen LogP contribution in [0.25, 0.3) is 11.4 Å². The first-order valence-corrected chi connectivity index (χ1v) is 7.62. The number of anilines is 2. The second-order valence-corrected chi connectivity index (χ2v) is 5.63. The van der Waals surface area contributed by atoms with Gasteiger partial charge in [0.2, 0.25) is 11.9 Å². The summed E-state index contributed by atoms with van der Waals surface area (Å²) in [5.74, 6) is -0.149. The quantitative estimate of drug-likeness (QED) is 0.743. The smallest absolute Gasteiger partial charge is 0.258 e. The van der Waals surface area contributed by atoms with Gasteiger partial charge in [-0.2, -0.15) is 15.0 Å². The second-order valence-electron chi connectivity index (χ2n) is 4.79. The normalized spacial score (nSPS) is 10.4. The zero-order valence-corrected chi connectivity index (χ0v) is 13.7. The van der Waals surface area contributed by atoms with E-state index in [0.29, 0.717) is 21.2 Å². The molecule has 0 radical (unpaired) electrons. The number of aromatic nitrogens is 3. The number of nitrogens with one attached hydrogen (secondary N) is 1. The number of carbonyl (C=O) groups is 1. The summed E-state index contributed by atoms with van der Waals surface area (Å²) < 4.78 is 0. The van der Waals surface area contributed by atoms with Crippen LogP contribution in [0.15, 0.2) is 48.5 Å². The van der Waals surface area contributed by atoms with Gasteiger partial charge in [-0.3, -0.25) is 10.1 Å². The zero-order chi connectivity index (χ0) is 17.1. The van der Waals surface area contributed by atoms with Gasteiger partial charge in [-0.15, -0.1) is 0 Å². The molecule has 2 aromatic carbocycles. The summed E-state index contributed by atoms with van der Waals surface area (Å²) in [5, 5.41) is 3.47. The Bertz CT molecular complexity index is 902. The summed E-state index contributed by atoms with van der Waals surface area (Å²) >= 11 is 12.1. The van der Waals surface area contributed by atoms with E-state index in [1.807, 2.05) is 6.07 Å². The van der Waals surface area contributed by atoms with Gasteiger partial charge >= 0.3 is 0 Å². The van der Waals surface area contributed by atoms with Crippen molar-refractivity contribution in [3.8, 4) is 11.4 Å². The van der Waals surface area contributed by atoms with Gasteiger partial charge in [0, 0.05) is 16.1 Å². The molecule has 0 unspecified atom stereocenters. The molecule has 0 bridgehead atoms. The molecule has 1 aromatic heterocycles. The van der Waals surface area contributed by atoms with Crippen LogP contribution in [-0.2, 0) is 0 Å². The van der Waals surface area contributed by atoms with Gasteiger partial charge < -0.3 is 5.73 Å². The van der Waals surface area contributed by atoms with E-state index in [0.717, 1.165) is 0 Å². The molecule has 3 rings (SSSR count). The van der Waals surface area contributed by atoms with E-state index in [2.05, 4.69) is 20.3 Å². The third-order valence-electron chi connectivity index (χ3n) is 3.08. The fourth-order valence-corrected chi connectivity index (χ4v) is 2.37. The maximum atomic E-state index is 12.2. The Morgan fingerprint density at radius 3 is 2.50 bits per heavy atom. The summed E-state index contributed by atoms with van der Waals surface area (Å²) in [5.41, 5.74) is 6.67. The Hall–Kier alpha value is -2.70. The molecule has 3 N–H and O–H groups in total. The lowest BCUT2D eigenvalue weighted by Gasteiger charge is -2.08.